The van der Waals surface area contributed by atoms with Gasteiger partial charge in [-0.2, -0.15) is 0 Å². The Morgan fingerprint density at radius 3 is 2.50 bits per heavy atom. The molecule has 5 heteroatoms. The quantitative estimate of drug-likeness (QED) is 0.656. The second-order valence-electron chi connectivity index (χ2n) is 6.58. The number of ether oxygens (including phenoxy) is 1. The van der Waals surface area contributed by atoms with Gasteiger partial charge in [0.2, 0.25) is 5.91 Å². The van der Waals surface area contributed by atoms with Crippen LogP contribution in [0.25, 0.3) is 0 Å². The Balaban J connectivity index is 1.43. The largest absolute Gasteiger partial charge is 0.497 e. The Bertz CT molecular complexity index is 727. The summed E-state index contributed by atoms with van der Waals surface area (Å²) in [5.74, 6) is 2.82. The molecule has 2 aromatic carbocycles. The Morgan fingerprint density at radius 2 is 1.85 bits per heavy atom. The van der Waals surface area contributed by atoms with Gasteiger partial charge in [0.05, 0.1) is 13.5 Å². The van der Waals surface area contributed by atoms with Crippen LogP contribution in [-0.4, -0.2) is 36.8 Å². The average molecular weight is 390 g/mol. The molecule has 0 aliphatic carbocycles. The van der Waals surface area contributed by atoms with Crippen LogP contribution in [-0.2, 0) is 11.2 Å². The minimum atomic E-state index is 0.180. The van der Waals surface area contributed by atoms with E-state index in [9.17, 15) is 4.79 Å². The fraction of sp³-hybridized carbons (Fsp3) is 0.381. The summed E-state index contributed by atoms with van der Waals surface area (Å²) >= 11 is 8.05. The van der Waals surface area contributed by atoms with Gasteiger partial charge in [0, 0.05) is 28.8 Å². The molecule has 138 valence electrons. The van der Waals surface area contributed by atoms with E-state index in [2.05, 4.69) is 12.1 Å². The van der Waals surface area contributed by atoms with Crippen LogP contribution in [0.2, 0.25) is 5.02 Å². The van der Waals surface area contributed by atoms with Crippen LogP contribution >= 0.6 is 23.4 Å². The zero-order valence-corrected chi connectivity index (χ0v) is 16.6. The lowest BCUT2D eigenvalue weighted by molar-refractivity contribution is -0.131. The van der Waals surface area contributed by atoms with E-state index < -0.39 is 0 Å². The summed E-state index contributed by atoms with van der Waals surface area (Å²) in [6, 6.07) is 15.8. The van der Waals surface area contributed by atoms with Crippen molar-refractivity contribution in [3.8, 4) is 5.75 Å². The van der Waals surface area contributed by atoms with Crippen LogP contribution in [0.5, 0.6) is 5.75 Å². The van der Waals surface area contributed by atoms with E-state index in [1.165, 1.54) is 4.90 Å². The van der Waals surface area contributed by atoms with E-state index in [0.29, 0.717) is 17.4 Å². The molecule has 0 saturated carbocycles. The number of nitrogens with zero attached hydrogens (tertiary/aromatic N) is 1. The number of hydrogen-bond acceptors (Lipinski definition) is 3. The fourth-order valence-electron chi connectivity index (χ4n) is 3.15. The van der Waals surface area contributed by atoms with E-state index in [0.717, 1.165) is 43.0 Å². The van der Waals surface area contributed by atoms with Gasteiger partial charge in [-0.3, -0.25) is 4.79 Å². The van der Waals surface area contributed by atoms with Gasteiger partial charge in [-0.15, -0.1) is 11.8 Å². The molecule has 0 spiro atoms. The number of methoxy groups -OCH3 is 1. The van der Waals surface area contributed by atoms with Crippen molar-refractivity contribution in [2.75, 3.05) is 26.0 Å². The van der Waals surface area contributed by atoms with E-state index in [-0.39, 0.29) is 5.91 Å². The molecule has 0 unspecified atom stereocenters. The molecular weight excluding hydrogens is 366 g/mol. The van der Waals surface area contributed by atoms with Crippen molar-refractivity contribution >= 4 is 29.3 Å². The van der Waals surface area contributed by atoms with Crippen molar-refractivity contribution in [3.05, 3.63) is 59.1 Å². The van der Waals surface area contributed by atoms with Crippen molar-refractivity contribution < 1.29 is 9.53 Å². The highest BCUT2D eigenvalue weighted by atomic mass is 35.5. The molecule has 2 aromatic rings. The molecule has 1 saturated heterocycles. The number of likely N-dealkylation sites (tertiary alicyclic amines) is 1. The topological polar surface area (TPSA) is 29.5 Å². The first-order valence-corrected chi connectivity index (χ1v) is 10.3. The number of carbonyl (C=O) groups excluding carboxylic acids is 1. The van der Waals surface area contributed by atoms with Crippen molar-refractivity contribution in [2.24, 2.45) is 5.92 Å². The standard InChI is InChI=1S/C21H24ClNO2S/c1-25-18-6-8-19(9-7-18)26-15-16-10-12-23(13-11-16)21(24)14-17-4-2-3-5-20(17)22/h2-9,16H,10-15H2,1H3. The highest BCUT2D eigenvalue weighted by molar-refractivity contribution is 7.99. The number of amides is 1. The van der Waals surface area contributed by atoms with E-state index in [4.69, 9.17) is 16.3 Å². The third kappa shape index (κ3) is 5.18. The molecule has 1 amide bonds. The maximum atomic E-state index is 12.5. The van der Waals surface area contributed by atoms with E-state index in [1.807, 2.05) is 53.1 Å². The molecule has 26 heavy (non-hydrogen) atoms. The molecule has 1 aliphatic heterocycles. The second-order valence-corrected chi connectivity index (χ2v) is 8.08. The fourth-order valence-corrected chi connectivity index (χ4v) is 4.44. The van der Waals surface area contributed by atoms with Crippen LogP contribution in [0.15, 0.2) is 53.4 Å². The lowest BCUT2D eigenvalue weighted by Gasteiger charge is -2.32. The summed E-state index contributed by atoms with van der Waals surface area (Å²) in [7, 11) is 1.68. The average Bonchev–Trinajstić information content (AvgIpc) is 2.69. The van der Waals surface area contributed by atoms with Crippen molar-refractivity contribution in [1.29, 1.82) is 0 Å². The normalized spacial score (nSPS) is 15.1. The van der Waals surface area contributed by atoms with Crippen LogP contribution < -0.4 is 4.74 Å². The number of thioether (sulfide) groups is 1. The summed E-state index contributed by atoms with van der Waals surface area (Å²) in [4.78, 5) is 15.8. The number of piperidine rings is 1. The number of carbonyl (C=O) groups is 1. The molecule has 0 N–H and O–H groups in total. The van der Waals surface area contributed by atoms with Crippen LogP contribution in [0, 0.1) is 5.92 Å². The highest BCUT2D eigenvalue weighted by Crippen LogP contribution is 2.28. The van der Waals surface area contributed by atoms with Gasteiger partial charge in [0.25, 0.3) is 0 Å². The maximum Gasteiger partial charge on any atom is 0.227 e. The van der Waals surface area contributed by atoms with E-state index in [1.54, 1.807) is 7.11 Å². The number of benzene rings is 2. The Morgan fingerprint density at radius 1 is 1.15 bits per heavy atom. The second kappa shape index (κ2) is 9.33. The van der Waals surface area contributed by atoms with Crippen molar-refractivity contribution in [2.45, 2.75) is 24.2 Å². The first-order chi connectivity index (χ1) is 12.7. The van der Waals surface area contributed by atoms with Crippen LogP contribution in [0.3, 0.4) is 0 Å². The highest BCUT2D eigenvalue weighted by Gasteiger charge is 2.23. The minimum absolute atomic E-state index is 0.180. The smallest absolute Gasteiger partial charge is 0.227 e. The predicted octanol–water partition coefficient (Wildman–Crippen LogP) is 4.92. The third-order valence-electron chi connectivity index (χ3n) is 4.81. The van der Waals surface area contributed by atoms with Gasteiger partial charge >= 0.3 is 0 Å². The Labute approximate surface area is 164 Å². The summed E-state index contributed by atoms with van der Waals surface area (Å²) < 4.78 is 5.19. The predicted molar refractivity (Wildman–Crippen MR) is 108 cm³/mol. The first-order valence-electron chi connectivity index (χ1n) is 8.93. The molecule has 3 nitrogen and oxygen atoms in total. The summed E-state index contributed by atoms with van der Waals surface area (Å²) in [6.07, 6.45) is 2.53. The van der Waals surface area contributed by atoms with Gasteiger partial charge in [0.1, 0.15) is 5.75 Å². The van der Waals surface area contributed by atoms with Gasteiger partial charge in [-0.25, -0.2) is 0 Å². The number of halogens is 1. The molecule has 1 heterocycles. The molecular formula is C21H24ClNO2S. The molecule has 0 aromatic heterocycles. The van der Waals surface area contributed by atoms with Gasteiger partial charge < -0.3 is 9.64 Å². The van der Waals surface area contributed by atoms with Gasteiger partial charge in [-0.1, -0.05) is 29.8 Å². The van der Waals surface area contributed by atoms with Crippen molar-refractivity contribution in [3.63, 3.8) is 0 Å². The van der Waals surface area contributed by atoms with E-state index >= 15 is 0 Å². The first kappa shape index (κ1) is 19.1. The Hall–Kier alpha value is -1.65. The zero-order valence-electron chi connectivity index (χ0n) is 15.0. The van der Waals surface area contributed by atoms with Crippen LogP contribution in [0.1, 0.15) is 18.4 Å². The monoisotopic (exact) mass is 389 g/mol. The maximum absolute atomic E-state index is 12.5. The Kier molecular flexibility index (Phi) is 6.86. The molecule has 1 aliphatic rings. The molecule has 0 radical (unpaired) electrons. The third-order valence-corrected chi connectivity index (χ3v) is 6.42. The van der Waals surface area contributed by atoms with Gasteiger partial charge in [0.15, 0.2) is 0 Å². The minimum Gasteiger partial charge on any atom is -0.497 e. The molecule has 1 fully saturated rings. The number of rotatable bonds is 6. The SMILES string of the molecule is COc1ccc(SCC2CCN(C(=O)Cc3ccccc3Cl)CC2)cc1. The lowest BCUT2D eigenvalue weighted by atomic mass is 9.98. The van der Waals surface area contributed by atoms with Crippen LogP contribution in [0.4, 0.5) is 0 Å². The summed E-state index contributed by atoms with van der Waals surface area (Å²) in [5, 5.41) is 0.673. The lowest BCUT2D eigenvalue weighted by Crippen LogP contribution is -2.39. The molecule has 0 atom stereocenters. The molecule has 0 bridgehead atoms. The van der Waals surface area contributed by atoms with Crippen molar-refractivity contribution in [1.82, 2.24) is 4.90 Å². The zero-order chi connectivity index (χ0) is 18.4. The summed E-state index contributed by atoms with van der Waals surface area (Å²) in [5.41, 5.74) is 0.913. The summed E-state index contributed by atoms with van der Waals surface area (Å²) in [6.45, 7) is 1.69. The molecule has 3 rings (SSSR count). The number of hydrogen-bond donors (Lipinski definition) is 0. The van der Waals surface area contributed by atoms with Gasteiger partial charge in [-0.05, 0) is 54.7 Å².